The summed E-state index contributed by atoms with van der Waals surface area (Å²) in [4.78, 5) is 15.3. The molecule has 1 N–H and O–H groups in total. The molecule has 0 atom stereocenters. The highest BCUT2D eigenvalue weighted by Gasteiger charge is 2.19. The van der Waals surface area contributed by atoms with Gasteiger partial charge in [-0.3, -0.25) is 14.0 Å². The highest BCUT2D eigenvalue weighted by molar-refractivity contribution is 7.92. The first-order valence-corrected chi connectivity index (χ1v) is 13.9. The smallest absolute Gasteiger partial charge is 0.251 e. The van der Waals surface area contributed by atoms with Crippen molar-refractivity contribution >= 4 is 33.2 Å². The van der Waals surface area contributed by atoms with Gasteiger partial charge in [0.25, 0.3) is 5.91 Å². The van der Waals surface area contributed by atoms with Gasteiger partial charge in [-0.25, -0.2) is 8.42 Å². The van der Waals surface area contributed by atoms with Crippen molar-refractivity contribution < 1.29 is 13.2 Å². The normalized spacial score (nSPS) is 14.1. The van der Waals surface area contributed by atoms with Gasteiger partial charge in [-0.2, -0.15) is 0 Å². The number of anilines is 1. The largest absolute Gasteiger partial charge is 0.348 e. The van der Waals surface area contributed by atoms with E-state index >= 15 is 0 Å². The number of carbonyl (C=O) groups excluding carboxylic acids is 1. The molecule has 1 aliphatic rings. The molecular formula is C27H30ClN3O3S. The van der Waals surface area contributed by atoms with Crippen LogP contribution in [-0.2, 0) is 29.7 Å². The number of likely N-dealkylation sites (tertiary alicyclic amines) is 1. The lowest BCUT2D eigenvalue weighted by Crippen LogP contribution is -2.29. The Morgan fingerprint density at radius 2 is 1.57 bits per heavy atom. The molecule has 3 aromatic carbocycles. The average molecular weight is 512 g/mol. The van der Waals surface area contributed by atoms with Crippen LogP contribution in [0.15, 0.2) is 72.8 Å². The summed E-state index contributed by atoms with van der Waals surface area (Å²) in [5, 5.41) is 3.59. The molecule has 3 aromatic rings. The number of benzene rings is 3. The zero-order valence-corrected chi connectivity index (χ0v) is 21.4. The second-order valence-corrected chi connectivity index (χ2v) is 11.2. The van der Waals surface area contributed by atoms with Crippen LogP contribution < -0.4 is 9.62 Å². The van der Waals surface area contributed by atoms with Crippen LogP contribution in [-0.4, -0.2) is 38.6 Å². The summed E-state index contributed by atoms with van der Waals surface area (Å²) in [5.41, 5.74) is 4.13. The van der Waals surface area contributed by atoms with Crippen LogP contribution >= 0.6 is 11.6 Å². The minimum atomic E-state index is -3.52. The third kappa shape index (κ3) is 6.84. The second kappa shape index (κ2) is 11.2. The van der Waals surface area contributed by atoms with Crippen LogP contribution in [0.1, 0.15) is 39.9 Å². The van der Waals surface area contributed by atoms with Gasteiger partial charge in [0.1, 0.15) is 0 Å². The first-order chi connectivity index (χ1) is 16.8. The Labute approximate surface area is 212 Å². The Hall–Kier alpha value is -2.87. The molecule has 8 heteroatoms. The van der Waals surface area contributed by atoms with E-state index in [9.17, 15) is 13.2 Å². The SMILES string of the molecule is CS(=O)(=O)N(Cc1ccc(Cl)cc1)c1ccc(C(=O)NCc2ccccc2CN2CCCC2)cc1. The Balaban J connectivity index is 1.42. The predicted molar refractivity (Wildman–Crippen MR) is 141 cm³/mol. The number of hydrogen-bond acceptors (Lipinski definition) is 4. The number of carbonyl (C=O) groups is 1. The van der Waals surface area contributed by atoms with Crippen molar-refractivity contribution in [3.63, 3.8) is 0 Å². The van der Waals surface area contributed by atoms with Gasteiger partial charge in [-0.05, 0) is 79.0 Å². The van der Waals surface area contributed by atoms with E-state index in [2.05, 4.69) is 22.3 Å². The molecule has 0 saturated carbocycles. The molecule has 0 unspecified atom stereocenters. The van der Waals surface area contributed by atoms with Crippen LogP contribution in [0.25, 0.3) is 0 Å². The molecule has 1 fully saturated rings. The van der Waals surface area contributed by atoms with Crippen LogP contribution in [0.4, 0.5) is 5.69 Å². The van der Waals surface area contributed by atoms with E-state index in [1.807, 2.05) is 12.1 Å². The lowest BCUT2D eigenvalue weighted by atomic mass is 10.1. The van der Waals surface area contributed by atoms with Gasteiger partial charge in [0.2, 0.25) is 10.0 Å². The Morgan fingerprint density at radius 3 is 2.20 bits per heavy atom. The van der Waals surface area contributed by atoms with Gasteiger partial charge in [-0.15, -0.1) is 0 Å². The number of halogens is 1. The lowest BCUT2D eigenvalue weighted by Gasteiger charge is -2.23. The van der Waals surface area contributed by atoms with E-state index < -0.39 is 10.0 Å². The molecule has 1 amide bonds. The molecule has 0 aromatic heterocycles. The molecule has 6 nitrogen and oxygen atoms in total. The topological polar surface area (TPSA) is 69.7 Å². The maximum absolute atomic E-state index is 12.8. The van der Waals surface area contributed by atoms with Gasteiger partial charge < -0.3 is 5.32 Å². The van der Waals surface area contributed by atoms with Crippen molar-refractivity contribution in [2.75, 3.05) is 23.7 Å². The first kappa shape index (κ1) is 25.2. The third-order valence-electron chi connectivity index (χ3n) is 6.21. The van der Waals surface area contributed by atoms with Crippen molar-refractivity contribution in [3.8, 4) is 0 Å². The third-order valence-corrected chi connectivity index (χ3v) is 7.60. The van der Waals surface area contributed by atoms with E-state index in [-0.39, 0.29) is 12.5 Å². The van der Waals surface area contributed by atoms with Crippen molar-refractivity contribution in [1.82, 2.24) is 10.2 Å². The lowest BCUT2D eigenvalue weighted by molar-refractivity contribution is 0.0950. The van der Waals surface area contributed by atoms with Crippen LogP contribution in [0.5, 0.6) is 0 Å². The number of nitrogens with zero attached hydrogens (tertiary/aromatic N) is 2. The van der Waals surface area contributed by atoms with Gasteiger partial charge in [0.05, 0.1) is 18.5 Å². The van der Waals surface area contributed by atoms with E-state index in [0.29, 0.717) is 22.8 Å². The van der Waals surface area contributed by atoms with E-state index in [1.54, 1.807) is 48.5 Å². The molecule has 0 spiro atoms. The summed E-state index contributed by atoms with van der Waals surface area (Å²) in [5.74, 6) is -0.198. The van der Waals surface area contributed by atoms with Gasteiger partial charge in [0, 0.05) is 23.7 Å². The monoisotopic (exact) mass is 511 g/mol. The molecule has 0 radical (unpaired) electrons. The van der Waals surface area contributed by atoms with Crippen molar-refractivity contribution in [3.05, 3.63) is 100 Å². The molecule has 184 valence electrons. The average Bonchev–Trinajstić information content (AvgIpc) is 3.35. The quantitative estimate of drug-likeness (QED) is 0.446. The van der Waals surface area contributed by atoms with Gasteiger partial charge >= 0.3 is 0 Å². The molecule has 1 aliphatic heterocycles. The first-order valence-electron chi connectivity index (χ1n) is 11.7. The number of nitrogens with one attached hydrogen (secondary N) is 1. The second-order valence-electron chi connectivity index (χ2n) is 8.88. The summed E-state index contributed by atoms with van der Waals surface area (Å²) >= 11 is 5.94. The van der Waals surface area contributed by atoms with Crippen molar-refractivity contribution in [2.45, 2.75) is 32.5 Å². The van der Waals surface area contributed by atoms with E-state index in [0.717, 1.165) is 30.8 Å². The highest BCUT2D eigenvalue weighted by atomic mass is 35.5. The summed E-state index contributed by atoms with van der Waals surface area (Å²) in [6.07, 6.45) is 3.65. The number of rotatable bonds is 9. The van der Waals surface area contributed by atoms with Gasteiger partial charge in [-0.1, -0.05) is 48.0 Å². The van der Waals surface area contributed by atoms with Crippen molar-refractivity contribution in [2.24, 2.45) is 0 Å². The fraction of sp³-hybridized carbons (Fsp3) is 0.296. The molecule has 1 heterocycles. The van der Waals surface area contributed by atoms with E-state index in [4.69, 9.17) is 11.6 Å². The zero-order valence-electron chi connectivity index (χ0n) is 19.8. The minimum absolute atomic E-state index is 0.176. The maximum Gasteiger partial charge on any atom is 0.251 e. The standard InChI is InChI=1S/C27H30ClN3O3S/c1-35(33,34)31(19-21-8-12-25(28)13-9-21)26-14-10-22(11-15-26)27(32)29-18-23-6-2-3-7-24(23)20-30-16-4-5-17-30/h2-3,6-15H,4-5,16-20H2,1H3,(H,29,32). The fourth-order valence-electron chi connectivity index (χ4n) is 4.28. The Bertz CT molecular complexity index is 1260. The molecule has 35 heavy (non-hydrogen) atoms. The van der Waals surface area contributed by atoms with Crippen LogP contribution in [0.2, 0.25) is 5.02 Å². The van der Waals surface area contributed by atoms with Crippen molar-refractivity contribution in [1.29, 1.82) is 0 Å². The Morgan fingerprint density at radius 1 is 0.943 bits per heavy atom. The number of hydrogen-bond donors (Lipinski definition) is 1. The Kier molecular flexibility index (Phi) is 8.11. The summed E-state index contributed by atoms with van der Waals surface area (Å²) < 4.78 is 26.2. The summed E-state index contributed by atoms with van der Waals surface area (Å²) in [7, 11) is -3.52. The molecule has 4 rings (SSSR count). The van der Waals surface area contributed by atoms with Crippen LogP contribution in [0.3, 0.4) is 0 Å². The zero-order chi connectivity index (χ0) is 24.8. The fourth-order valence-corrected chi connectivity index (χ4v) is 5.29. The molecule has 0 bridgehead atoms. The van der Waals surface area contributed by atoms with E-state index in [1.165, 1.54) is 29.0 Å². The molecule has 0 aliphatic carbocycles. The number of sulfonamides is 1. The maximum atomic E-state index is 12.8. The predicted octanol–water partition coefficient (Wildman–Crippen LogP) is 4.83. The number of amides is 1. The van der Waals surface area contributed by atoms with Gasteiger partial charge in [0.15, 0.2) is 0 Å². The highest BCUT2D eigenvalue weighted by Crippen LogP contribution is 2.22. The summed E-state index contributed by atoms with van der Waals surface area (Å²) in [6.45, 7) is 3.76. The molecule has 1 saturated heterocycles. The summed E-state index contributed by atoms with van der Waals surface area (Å²) in [6, 6.07) is 21.9. The molecular weight excluding hydrogens is 482 g/mol. The van der Waals surface area contributed by atoms with Crippen LogP contribution in [0, 0.1) is 0 Å². The minimum Gasteiger partial charge on any atom is -0.348 e.